The molecular weight excluding hydrogens is 137 g/mol. The summed E-state index contributed by atoms with van der Waals surface area (Å²) in [5.41, 5.74) is 0. The molecule has 0 aliphatic carbocycles. The van der Waals surface area contributed by atoms with Gasteiger partial charge in [-0.2, -0.15) is 0 Å². The van der Waals surface area contributed by atoms with Crippen LogP contribution in [0.15, 0.2) is 15.7 Å². The highest BCUT2D eigenvalue weighted by atomic mass is 35.5. The van der Waals surface area contributed by atoms with Crippen LogP contribution in [0, 0.1) is 0 Å². The van der Waals surface area contributed by atoms with Crippen LogP contribution in [-0.2, 0) is 0 Å². The number of nitrogens with zero attached hydrogens (tertiary/aromatic N) is 1. The lowest BCUT2D eigenvalue weighted by atomic mass is 10.7. The smallest absolute Gasteiger partial charge is 0.108 e. The Morgan fingerprint density at radius 2 is 2.14 bits per heavy atom. The quantitative estimate of drug-likeness (QED) is 0.336. The van der Waals surface area contributed by atoms with E-state index in [4.69, 9.17) is 28.4 Å². The summed E-state index contributed by atoms with van der Waals surface area (Å²) < 4.78 is 0.0674. The van der Waals surface area contributed by atoms with Gasteiger partial charge < -0.3 is 5.21 Å². The maximum atomic E-state index is 7.72. The summed E-state index contributed by atoms with van der Waals surface area (Å²) >= 11 is 10.2. The molecule has 0 saturated heterocycles. The van der Waals surface area contributed by atoms with E-state index in [-0.39, 0.29) is 4.49 Å². The zero-order valence-electron chi connectivity index (χ0n) is 3.31. The highest BCUT2D eigenvalue weighted by molar-refractivity contribution is 6.56. The van der Waals surface area contributed by atoms with Gasteiger partial charge in [0.05, 0.1) is 6.21 Å². The minimum absolute atomic E-state index is 0.0674. The topological polar surface area (TPSA) is 32.6 Å². The van der Waals surface area contributed by atoms with Crippen LogP contribution in [0.25, 0.3) is 0 Å². The normalized spacial score (nSPS) is 9.43. The Morgan fingerprint density at radius 1 is 1.57 bits per heavy atom. The van der Waals surface area contributed by atoms with Gasteiger partial charge in [-0.1, -0.05) is 28.4 Å². The van der Waals surface area contributed by atoms with Crippen molar-refractivity contribution in [2.45, 2.75) is 0 Å². The predicted molar refractivity (Wildman–Crippen MR) is 30.1 cm³/mol. The number of hydrogen-bond donors (Lipinski definition) is 1. The van der Waals surface area contributed by atoms with Gasteiger partial charge in [0.15, 0.2) is 0 Å². The van der Waals surface area contributed by atoms with E-state index in [1.54, 1.807) is 0 Å². The van der Waals surface area contributed by atoms with Gasteiger partial charge in [0.25, 0.3) is 0 Å². The first-order valence-electron chi connectivity index (χ1n) is 1.46. The van der Waals surface area contributed by atoms with Gasteiger partial charge in [0.1, 0.15) is 4.49 Å². The first kappa shape index (κ1) is 6.79. The van der Waals surface area contributed by atoms with Crippen molar-refractivity contribution in [1.29, 1.82) is 0 Å². The van der Waals surface area contributed by atoms with Gasteiger partial charge in [0, 0.05) is 0 Å². The Morgan fingerprint density at radius 3 is 2.29 bits per heavy atom. The summed E-state index contributed by atoms with van der Waals surface area (Å²) in [7, 11) is 0. The largest absolute Gasteiger partial charge is 0.411 e. The van der Waals surface area contributed by atoms with Crippen molar-refractivity contribution >= 4 is 29.4 Å². The fraction of sp³-hybridized carbons (Fsp3) is 0. The van der Waals surface area contributed by atoms with Crippen molar-refractivity contribution in [3.05, 3.63) is 10.6 Å². The highest BCUT2D eigenvalue weighted by Crippen LogP contribution is 2.03. The maximum absolute atomic E-state index is 7.72. The van der Waals surface area contributed by atoms with Crippen molar-refractivity contribution in [1.82, 2.24) is 0 Å². The van der Waals surface area contributed by atoms with Crippen molar-refractivity contribution in [3.63, 3.8) is 0 Å². The van der Waals surface area contributed by atoms with E-state index >= 15 is 0 Å². The molecular formula is C3H3Cl2NO. The Balaban J connectivity index is 3.46. The molecule has 0 radical (unpaired) electrons. The van der Waals surface area contributed by atoms with Crippen molar-refractivity contribution in [2.75, 3.05) is 0 Å². The van der Waals surface area contributed by atoms with E-state index in [1.165, 1.54) is 6.08 Å². The summed E-state index contributed by atoms with van der Waals surface area (Å²) in [5.74, 6) is 0. The molecule has 0 rings (SSSR count). The lowest BCUT2D eigenvalue weighted by molar-refractivity contribution is 0.322. The van der Waals surface area contributed by atoms with Crippen molar-refractivity contribution in [2.24, 2.45) is 5.16 Å². The van der Waals surface area contributed by atoms with Crippen LogP contribution in [0.5, 0.6) is 0 Å². The van der Waals surface area contributed by atoms with Crippen LogP contribution >= 0.6 is 23.2 Å². The van der Waals surface area contributed by atoms with Crippen LogP contribution in [0.4, 0.5) is 0 Å². The third-order valence-corrected chi connectivity index (χ3v) is 0.519. The van der Waals surface area contributed by atoms with Gasteiger partial charge in [-0.05, 0) is 6.08 Å². The minimum Gasteiger partial charge on any atom is -0.411 e. The molecule has 0 atom stereocenters. The third-order valence-electron chi connectivity index (χ3n) is 0.267. The fourth-order valence-electron chi connectivity index (χ4n) is 0.0897. The third kappa shape index (κ3) is 5.79. The van der Waals surface area contributed by atoms with Crippen LogP contribution in [0.2, 0.25) is 0 Å². The molecule has 0 heterocycles. The number of hydrogen-bond acceptors (Lipinski definition) is 2. The van der Waals surface area contributed by atoms with Crippen LogP contribution in [0.3, 0.4) is 0 Å². The molecule has 0 aliphatic rings. The average Bonchev–Trinajstić information content (AvgIpc) is 1.61. The molecule has 0 amide bonds. The SMILES string of the molecule is ON=CC=C(Cl)Cl. The lowest BCUT2D eigenvalue weighted by Gasteiger charge is -1.71. The molecule has 0 saturated carbocycles. The van der Waals surface area contributed by atoms with E-state index in [0.29, 0.717) is 0 Å². The second kappa shape index (κ2) is 3.96. The van der Waals surface area contributed by atoms with Crippen LogP contribution in [0.1, 0.15) is 0 Å². The Kier molecular flexibility index (Phi) is 3.84. The van der Waals surface area contributed by atoms with Gasteiger partial charge in [0.2, 0.25) is 0 Å². The molecule has 0 unspecified atom stereocenters. The van der Waals surface area contributed by atoms with E-state index in [0.717, 1.165) is 6.21 Å². The number of oxime groups is 1. The summed E-state index contributed by atoms with van der Waals surface area (Å²) in [6.07, 6.45) is 2.33. The molecule has 0 aromatic rings. The molecule has 1 N–H and O–H groups in total. The molecule has 0 aliphatic heterocycles. The Labute approximate surface area is 51.0 Å². The predicted octanol–water partition coefficient (Wildman–Crippen LogP) is 1.77. The second-order valence-electron chi connectivity index (χ2n) is 0.721. The number of rotatable bonds is 1. The molecule has 0 aromatic heterocycles. The molecule has 7 heavy (non-hydrogen) atoms. The van der Waals surface area contributed by atoms with Gasteiger partial charge in [-0.3, -0.25) is 0 Å². The van der Waals surface area contributed by atoms with E-state index in [9.17, 15) is 0 Å². The monoisotopic (exact) mass is 139 g/mol. The molecule has 0 aromatic carbocycles. The minimum atomic E-state index is 0.0674. The first-order chi connectivity index (χ1) is 3.27. The van der Waals surface area contributed by atoms with Crippen molar-refractivity contribution < 1.29 is 5.21 Å². The van der Waals surface area contributed by atoms with Gasteiger partial charge in [-0.15, -0.1) is 0 Å². The molecule has 0 spiro atoms. The Hall–Kier alpha value is -0.210. The zero-order chi connectivity index (χ0) is 5.70. The van der Waals surface area contributed by atoms with Gasteiger partial charge >= 0.3 is 0 Å². The number of allylic oxidation sites excluding steroid dienone is 1. The Bertz CT molecular complexity index is 95.1. The second-order valence-corrected chi connectivity index (χ2v) is 1.73. The standard InChI is InChI=1S/C3H3Cl2NO/c4-3(5)1-2-6-7/h1-2,7H. The van der Waals surface area contributed by atoms with Crippen LogP contribution < -0.4 is 0 Å². The van der Waals surface area contributed by atoms with E-state index in [1.807, 2.05) is 0 Å². The average molecular weight is 140 g/mol. The van der Waals surface area contributed by atoms with Crippen LogP contribution in [-0.4, -0.2) is 11.4 Å². The molecule has 4 heteroatoms. The fourth-order valence-corrected chi connectivity index (χ4v) is 0.202. The van der Waals surface area contributed by atoms with E-state index in [2.05, 4.69) is 5.16 Å². The molecule has 0 fully saturated rings. The lowest BCUT2D eigenvalue weighted by Crippen LogP contribution is -1.60. The van der Waals surface area contributed by atoms with Gasteiger partial charge in [-0.25, -0.2) is 0 Å². The molecule has 40 valence electrons. The molecule has 0 bridgehead atoms. The highest BCUT2D eigenvalue weighted by Gasteiger charge is 1.73. The summed E-state index contributed by atoms with van der Waals surface area (Å²) in [6.45, 7) is 0. The maximum Gasteiger partial charge on any atom is 0.108 e. The number of halogens is 2. The summed E-state index contributed by atoms with van der Waals surface area (Å²) in [5, 5.41) is 10.3. The van der Waals surface area contributed by atoms with Crippen molar-refractivity contribution in [3.8, 4) is 0 Å². The van der Waals surface area contributed by atoms with E-state index < -0.39 is 0 Å². The summed E-state index contributed by atoms with van der Waals surface area (Å²) in [6, 6.07) is 0. The summed E-state index contributed by atoms with van der Waals surface area (Å²) in [4.78, 5) is 0. The molecule has 2 nitrogen and oxygen atoms in total. The first-order valence-corrected chi connectivity index (χ1v) is 2.21. The zero-order valence-corrected chi connectivity index (χ0v) is 4.82.